The van der Waals surface area contributed by atoms with Crippen LogP contribution in [0.3, 0.4) is 0 Å². The van der Waals surface area contributed by atoms with Crippen molar-refractivity contribution in [3.63, 3.8) is 0 Å². The molecule has 33 heavy (non-hydrogen) atoms. The Morgan fingerprint density at radius 1 is 1.12 bits per heavy atom. The van der Waals surface area contributed by atoms with Gasteiger partial charge in [-0.25, -0.2) is 9.18 Å². The van der Waals surface area contributed by atoms with Crippen LogP contribution in [0.15, 0.2) is 66.7 Å². The zero-order chi connectivity index (χ0) is 23.5. The molecule has 3 aromatic carbocycles. The number of halogens is 2. The predicted molar refractivity (Wildman–Crippen MR) is 125 cm³/mol. The number of nitrogens with zero attached hydrogens (tertiary/aromatic N) is 1. The first-order chi connectivity index (χ1) is 15.7. The van der Waals surface area contributed by atoms with Crippen molar-refractivity contribution in [2.24, 2.45) is 5.92 Å². The average molecular weight is 464 g/mol. The van der Waals surface area contributed by atoms with E-state index >= 15 is 0 Å². The van der Waals surface area contributed by atoms with Gasteiger partial charge < -0.3 is 10.0 Å². The highest BCUT2D eigenvalue weighted by Gasteiger charge is 2.77. The van der Waals surface area contributed by atoms with E-state index in [0.29, 0.717) is 28.3 Å². The first-order valence-corrected chi connectivity index (χ1v) is 11.3. The fraction of sp³-hybridized carbons (Fsp3) is 0.259. The highest BCUT2D eigenvalue weighted by atomic mass is 35.5. The monoisotopic (exact) mass is 463 g/mol. The number of carbonyl (C=O) groups excluding carboxylic acids is 1. The maximum atomic E-state index is 14.5. The molecule has 0 aromatic heterocycles. The van der Waals surface area contributed by atoms with Crippen molar-refractivity contribution >= 4 is 29.2 Å². The molecule has 1 amide bonds. The molecule has 0 unspecified atom stereocenters. The molecule has 1 N–H and O–H groups in total. The van der Waals surface area contributed by atoms with E-state index in [1.165, 1.54) is 18.2 Å². The van der Waals surface area contributed by atoms with Crippen LogP contribution >= 0.6 is 11.6 Å². The summed E-state index contributed by atoms with van der Waals surface area (Å²) in [5.74, 6) is -1.36. The van der Waals surface area contributed by atoms with Gasteiger partial charge >= 0.3 is 5.97 Å². The zero-order valence-corrected chi connectivity index (χ0v) is 19.1. The number of rotatable bonds is 5. The minimum atomic E-state index is -1.02. The van der Waals surface area contributed by atoms with E-state index in [9.17, 15) is 19.1 Å². The molecule has 1 saturated carbocycles. The molecule has 0 radical (unpaired) electrons. The van der Waals surface area contributed by atoms with E-state index in [1.54, 1.807) is 29.2 Å². The molecule has 1 aliphatic heterocycles. The molecular formula is C27H23ClFNO3. The summed E-state index contributed by atoms with van der Waals surface area (Å²) in [7, 11) is 0. The number of anilines is 1. The van der Waals surface area contributed by atoms with Crippen LogP contribution in [0, 0.1) is 11.7 Å². The Morgan fingerprint density at radius 3 is 2.52 bits per heavy atom. The third kappa shape index (κ3) is 3.02. The number of fused-ring (bicyclic) bond motifs is 2. The van der Waals surface area contributed by atoms with Gasteiger partial charge in [0, 0.05) is 16.1 Å². The third-order valence-corrected chi connectivity index (χ3v) is 7.61. The van der Waals surface area contributed by atoms with Crippen LogP contribution in [0.4, 0.5) is 10.1 Å². The Balaban J connectivity index is 1.63. The number of benzene rings is 3. The summed E-state index contributed by atoms with van der Waals surface area (Å²) in [4.78, 5) is 27.2. The lowest BCUT2D eigenvalue weighted by Gasteiger charge is -2.27. The molecule has 0 saturated heterocycles. The quantitative estimate of drug-likeness (QED) is 0.508. The lowest BCUT2D eigenvalue weighted by Crippen LogP contribution is -2.38. The first-order valence-electron chi connectivity index (χ1n) is 10.9. The van der Waals surface area contributed by atoms with E-state index in [1.807, 2.05) is 24.3 Å². The molecule has 1 heterocycles. The molecule has 3 aromatic rings. The smallest absolute Gasteiger partial charge is 0.335 e. The van der Waals surface area contributed by atoms with Crippen molar-refractivity contribution in [2.45, 2.75) is 37.6 Å². The van der Waals surface area contributed by atoms with E-state index in [2.05, 4.69) is 13.8 Å². The van der Waals surface area contributed by atoms with Crippen LogP contribution in [-0.2, 0) is 22.2 Å². The normalized spacial score (nSPS) is 23.3. The van der Waals surface area contributed by atoms with Crippen LogP contribution in [-0.4, -0.2) is 17.0 Å². The Hall–Kier alpha value is -3.18. The number of amides is 1. The maximum Gasteiger partial charge on any atom is 0.335 e. The summed E-state index contributed by atoms with van der Waals surface area (Å²) in [6.45, 7) is 4.40. The number of aromatic carboxylic acids is 1. The molecule has 2 aliphatic rings. The van der Waals surface area contributed by atoms with Crippen LogP contribution in [0.25, 0.3) is 0 Å². The van der Waals surface area contributed by atoms with Crippen LogP contribution in [0.2, 0.25) is 5.02 Å². The predicted octanol–water partition coefficient (Wildman–Crippen LogP) is 5.96. The van der Waals surface area contributed by atoms with Gasteiger partial charge in [-0.1, -0.05) is 49.7 Å². The lowest BCUT2D eigenvalue weighted by atomic mass is 9.75. The summed E-state index contributed by atoms with van der Waals surface area (Å²) in [6.07, 6.45) is 0.584. The van der Waals surface area contributed by atoms with Crippen LogP contribution < -0.4 is 4.90 Å². The van der Waals surface area contributed by atoms with Gasteiger partial charge in [-0.3, -0.25) is 4.79 Å². The van der Waals surface area contributed by atoms with E-state index < -0.39 is 16.8 Å². The molecule has 1 spiro atoms. The Bertz CT molecular complexity index is 1290. The van der Waals surface area contributed by atoms with Gasteiger partial charge in [-0.2, -0.15) is 0 Å². The average Bonchev–Trinajstić information content (AvgIpc) is 3.45. The summed E-state index contributed by atoms with van der Waals surface area (Å²) in [5.41, 5.74) is 1.92. The standard InChI is InChI=1S/C27H23ClFNO3/c1-16(2)26(19-6-8-20(28)9-7-19)15-27(26)22-13-21(29)10-11-23(22)30(25(27)33)14-17-4-3-5-18(12-17)24(31)32/h3-13,16H,14-15H2,1-2H3,(H,31,32)/t26-,27+/m0/s1. The van der Waals surface area contributed by atoms with E-state index in [4.69, 9.17) is 11.6 Å². The molecule has 1 aliphatic carbocycles. The van der Waals surface area contributed by atoms with Gasteiger partial charge in [0.1, 0.15) is 5.82 Å². The van der Waals surface area contributed by atoms with E-state index in [-0.39, 0.29) is 29.8 Å². The fourth-order valence-corrected chi connectivity index (χ4v) is 5.91. The van der Waals surface area contributed by atoms with E-state index in [0.717, 1.165) is 5.56 Å². The van der Waals surface area contributed by atoms with Crippen molar-refractivity contribution in [1.82, 2.24) is 0 Å². The maximum absolute atomic E-state index is 14.5. The van der Waals surface area contributed by atoms with Crippen molar-refractivity contribution in [1.29, 1.82) is 0 Å². The topological polar surface area (TPSA) is 57.6 Å². The van der Waals surface area contributed by atoms with Crippen molar-refractivity contribution < 1.29 is 19.1 Å². The highest BCUT2D eigenvalue weighted by molar-refractivity contribution is 6.30. The van der Waals surface area contributed by atoms with Gasteiger partial charge in [0.05, 0.1) is 17.5 Å². The number of carbonyl (C=O) groups is 2. The van der Waals surface area contributed by atoms with Crippen molar-refractivity contribution in [3.8, 4) is 0 Å². The summed E-state index contributed by atoms with van der Waals surface area (Å²) in [5, 5.41) is 9.97. The van der Waals surface area contributed by atoms with Gasteiger partial charge in [-0.15, -0.1) is 0 Å². The van der Waals surface area contributed by atoms with Crippen molar-refractivity contribution in [3.05, 3.63) is 99.8 Å². The molecule has 2 atom stereocenters. The number of hydrogen-bond acceptors (Lipinski definition) is 2. The van der Waals surface area contributed by atoms with Crippen LogP contribution in [0.5, 0.6) is 0 Å². The molecular weight excluding hydrogens is 441 g/mol. The Kier molecular flexibility index (Phi) is 4.87. The largest absolute Gasteiger partial charge is 0.478 e. The second kappa shape index (κ2) is 7.42. The summed E-state index contributed by atoms with van der Waals surface area (Å²) < 4.78 is 14.5. The van der Waals surface area contributed by atoms with Gasteiger partial charge in [-0.05, 0) is 71.5 Å². The summed E-state index contributed by atoms with van der Waals surface area (Å²) >= 11 is 6.13. The number of carboxylic acids is 1. The number of carboxylic acid groups (broad SMARTS) is 1. The molecule has 6 heteroatoms. The van der Waals surface area contributed by atoms with Crippen LogP contribution in [0.1, 0.15) is 47.3 Å². The second-order valence-electron chi connectivity index (χ2n) is 9.27. The third-order valence-electron chi connectivity index (χ3n) is 7.36. The fourth-order valence-electron chi connectivity index (χ4n) is 5.78. The summed E-state index contributed by atoms with van der Waals surface area (Å²) in [6, 6.07) is 18.7. The van der Waals surface area contributed by atoms with Gasteiger partial charge in [0.25, 0.3) is 0 Å². The SMILES string of the molecule is CC(C)[C@]1(c2ccc(Cl)cc2)C[C@@]12C(=O)N(Cc1cccc(C(=O)O)c1)c1ccc(F)cc12. The molecule has 4 nitrogen and oxygen atoms in total. The first kappa shape index (κ1) is 21.7. The Morgan fingerprint density at radius 2 is 1.85 bits per heavy atom. The zero-order valence-electron chi connectivity index (χ0n) is 18.3. The van der Waals surface area contributed by atoms with Gasteiger partial charge in [0.2, 0.25) is 5.91 Å². The highest BCUT2D eigenvalue weighted by Crippen LogP contribution is 2.73. The molecule has 0 bridgehead atoms. The van der Waals surface area contributed by atoms with Crippen molar-refractivity contribution in [2.75, 3.05) is 4.90 Å². The lowest BCUT2D eigenvalue weighted by molar-refractivity contribution is -0.121. The minimum absolute atomic E-state index is 0.0764. The Labute approximate surface area is 196 Å². The number of hydrogen-bond donors (Lipinski definition) is 1. The minimum Gasteiger partial charge on any atom is -0.478 e. The second-order valence-corrected chi connectivity index (χ2v) is 9.71. The molecule has 168 valence electrons. The molecule has 1 fully saturated rings. The van der Waals surface area contributed by atoms with Gasteiger partial charge in [0.15, 0.2) is 0 Å². The molecule has 5 rings (SSSR count).